The summed E-state index contributed by atoms with van der Waals surface area (Å²) in [5.41, 5.74) is 3.85. The number of thiophene rings is 1. The number of fused-ring (bicyclic) bond motifs is 1. The average Bonchev–Trinajstić information content (AvgIpc) is 3.10. The maximum Gasteiger partial charge on any atom is 0.278 e. The molecule has 2 N–H and O–H groups in total. The van der Waals surface area contributed by atoms with Crippen LogP contribution in [0.2, 0.25) is 0 Å². The highest BCUT2D eigenvalue weighted by atomic mass is 32.1. The third-order valence-corrected chi connectivity index (χ3v) is 6.10. The van der Waals surface area contributed by atoms with E-state index in [9.17, 15) is 4.79 Å². The zero-order valence-corrected chi connectivity index (χ0v) is 16.1. The fraction of sp³-hybridized carbons (Fsp3) is 0.476. The molecule has 3 rings (SSSR count). The molecule has 1 aromatic heterocycles. The summed E-state index contributed by atoms with van der Waals surface area (Å²) >= 11 is 1.82. The molecule has 25 heavy (non-hydrogen) atoms. The second kappa shape index (κ2) is 8.63. The van der Waals surface area contributed by atoms with Gasteiger partial charge in [-0.2, -0.15) is 0 Å². The van der Waals surface area contributed by atoms with Crippen molar-refractivity contribution in [1.29, 1.82) is 0 Å². The molecule has 1 amide bonds. The van der Waals surface area contributed by atoms with Gasteiger partial charge in [0.25, 0.3) is 5.91 Å². The van der Waals surface area contributed by atoms with Gasteiger partial charge < -0.3 is 10.2 Å². The van der Waals surface area contributed by atoms with E-state index in [4.69, 9.17) is 0 Å². The smallest absolute Gasteiger partial charge is 0.278 e. The number of benzene rings is 1. The predicted octanol–water partition coefficient (Wildman–Crippen LogP) is 3.28. The van der Waals surface area contributed by atoms with E-state index < -0.39 is 0 Å². The first-order valence-electron chi connectivity index (χ1n) is 9.45. The summed E-state index contributed by atoms with van der Waals surface area (Å²) in [5, 5.41) is 4.34. The molecule has 0 spiro atoms. The van der Waals surface area contributed by atoms with Gasteiger partial charge in [-0.1, -0.05) is 37.6 Å². The molecule has 0 aliphatic carbocycles. The standard InChI is InChI=1S/C21H28N2OS/c1-3-4-7-12-22-15-20(24)23-13-10-19-18(11-14-25-19)21(23)17-9-6-5-8-16(17)2/h5-6,8-9,11,14,21-22H,3-4,7,10,12-13,15H2,1-2H3/p+1/t21-/m1/s1. The molecule has 1 aliphatic heterocycles. The van der Waals surface area contributed by atoms with E-state index >= 15 is 0 Å². The number of rotatable bonds is 7. The van der Waals surface area contributed by atoms with Gasteiger partial charge >= 0.3 is 0 Å². The van der Waals surface area contributed by atoms with Crippen molar-refractivity contribution in [2.24, 2.45) is 0 Å². The molecule has 0 fully saturated rings. The number of amides is 1. The molecule has 0 unspecified atom stereocenters. The summed E-state index contributed by atoms with van der Waals surface area (Å²) in [6.07, 6.45) is 4.65. The Kier molecular flexibility index (Phi) is 6.27. The van der Waals surface area contributed by atoms with E-state index in [-0.39, 0.29) is 11.9 Å². The normalized spacial score (nSPS) is 16.7. The SMILES string of the molecule is CCCCC[NH2+]CC(=O)N1CCc2sccc2[C@H]1c1ccccc1C. The largest absolute Gasteiger partial charge is 0.338 e. The van der Waals surface area contributed by atoms with Crippen LogP contribution in [0.3, 0.4) is 0 Å². The van der Waals surface area contributed by atoms with Crippen molar-refractivity contribution in [1.82, 2.24) is 4.90 Å². The van der Waals surface area contributed by atoms with Gasteiger partial charge in [-0.15, -0.1) is 11.3 Å². The number of unbranched alkanes of at least 4 members (excludes halogenated alkanes) is 2. The van der Waals surface area contributed by atoms with Crippen molar-refractivity contribution in [2.75, 3.05) is 19.6 Å². The molecule has 2 heterocycles. The Hall–Kier alpha value is -1.65. The Morgan fingerprint density at radius 1 is 1.24 bits per heavy atom. The number of aryl methyl sites for hydroxylation is 1. The molecular weight excluding hydrogens is 328 g/mol. The van der Waals surface area contributed by atoms with Crippen LogP contribution in [-0.4, -0.2) is 30.4 Å². The summed E-state index contributed by atoms with van der Waals surface area (Å²) in [6.45, 7) is 6.80. The lowest BCUT2D eigenvalue weighted by Gasteiger charge is -2.36. The Labute approximate surface area is 155 Å². The molecule has 1 atom stereocenters. The third kappa shape index (κ3) is 4.13. The molecule has 3 nitrogen and oxygen atoms in total. The van der Waals surface area contributed by atoms with Gasteiger partial charge in [0.1, 0.15) is 0 Å². The number of hydrogen-bond acceptors (Lipinski definition) is 2. The van der Waals surface area contributed by atoms with E-state index in [1.165, 1.54) is 40.8 Å². The van der Waals surface area contributed by atoms with Gasteiger partial charge in [0.05, 0.1) is 12.6 Å². The van der Waals surface area contributed by atoms with Crippen molar-refractivity contribution in [2.45, 2.75) is 45.6 Å². The quantitative estimate of drug-likeness (QED) is 0.759. The summed E-state index contributed by atoms with van der Waals surface area (Å²) in [7, 11) is 0. The number of hydrogen-bond donors (Lipinski definition) is 1. The Morgan fingerprint density at radius 3 is 2.88 bits per heavy atom. The second-order valence-electron chi connectivity index (χ2n) is 6.88. The molecule has 4 heteroatoms. The van der Waals surface area contributed by atoms with E-state index in [0.717, 1.165) is 19.5 Å². The number of carbonyl (C=O) groups is 1. The van der Waals surface area contributed by atoms with Gasteiger partial charge in [0.2, 0.25) is 0 Å². The van der Waals surface area contributed by atoms with Gasteiger partial charge in [-0.05, 0) is 54.3 Å². The van der Waals surface area contributed by atoms with Crippen molar-refractivity contribution >= 4 is 17.2 Å². The zero-order valence-electron chi connectivity index (χ0n) is 15.3. The van der Waals surface area contributed by atoms with Crippen LogP contribution >= 0.6 is 11.3 Å². The summed E-state index contributed by atoms with van der Waals surface area (Å²) in [5.74, 6) is 0.265. The molecule has 0 radical (unpaired) electrons. The fourth-order valence-electron chi connectivity index (χ4n) is 3.70. The third-order valence-electron chi connectivity index (χ3n) is 5.10. The second-order valence-corrected chi connectivity index (χ2v) is 7.88. The van der Waals surface area contributed by atoms with E-state index in [1.54, 1.807) is 0 Å². The average molecular weight is 358 g/mol. The molecule has 1 aliphatic rings. The lowest BCUT2D eigenvalue weighted by atomic mass is 9.90. The van der Waals surface area contributed by atoms with Crippen molar-refractivity contribution in [3.8, 4) is 0 Å². The van der Waals surface area contributed by atoms with Crippen LogP contribution in [0.5, 0.6) is 0 Å². The predicted molar refractivity (Wildman–Crippen MR) is 104 cm³/mol. The fourth-order valence-corrected chi connectivity index (χ4v) is 4.60. The van der Waals surface area contributed by atoms with Crippen LogP contribution in [-0.2, 0) is 11.2 Å². The lowest BCUT2D eigenvalue weighted by molar-refractivity contribution is -0.645. The molecule has 0 bridgehead atoms. The van der Waals surface area contributed by atoms with Crippen LogP contribution in [0.4, 0.5) is 0 Å². The molecule has 1 aromatic carbocycles. The molecule has 0 saturated heterocycles. The minimum absolute atomic E-state index is 0.0766. The number of nitrogens with zero attached hydrogens (tertiary/aromatic N) is 1. The molecule has 2 aromatic rings. The van der Waals surface area contributed by atoms with Gasteiger partial charge in [0.15, 0.2) is 6.54 Å². The topological polar surface area (TPSA) is 36.9 Å². The Morgan fingerprint density at radius 2 is 2.08 bits per heavy atom. The maximum atomic E-state index is 13.0. The van der Waals surface area contributed by atoms with Crippen LogP contribution in [0, 0.1) is 6.92 Å². The number of carbonyl (C=O) groups excluding carboxylic acids is 1. The molecule has 134 valence electrons. The first-order chi connectivity index (χ1) is 12.2. The van der Waals surface area contributed by atoms with E-state index in [1.807, 2.05) is 11.3 Å². The number of nitrogens with two attached hydrogens (primary N) is 1. The van der Waals surface area contributed by atoms with Crippen molar-refractivity contribution in [3.05, 3.63) is 57.3 Å². The minimum atomic E-state index is 0.0766. The van der Waals surface area contributed by atoms with Crippen molar-refractivity contribution in [3.63, 3.8) is 0 Å². The van der Waals surface area contributed by atoms with E-state index in [0.29, 0.717) is 6.54 Å². The van der Waals surface area contributed by atoms with Crippen LogP contribution in [0.1, 0.15) is 53.8 Å². The van der Waals surface area contributed by atoms with Crippen LogP contribution in [0.15, 0.2) is 35.7 Å². The van der Waals surface area contributed by atoms with E-state index in [2.05, 4.69) is 59.8 Å². The Balaban J connectivity index is 1.78. The van der Waals surface area contributed by atoms with Gasteiger partial charge in [-0.3, -0.25) is 4.79 Å². The minimum Gasteiger partial charge on any atom is -0.338 e. The zero-order chi connectivity index (χ0) is 17.6. The highest BCUT2D eigenvalue weighted by Gasteiger charge is 2.33. The summed E-state index contributed by atoms with van der Waals surface area (Å²) < 4.78 is 0. The Bertz CT molecular complexity index is 709. The van der Waals surface area contributed by atoms with Crippen LogP contribution < -0.4 is 5.32 Å². The van der Waals surface area contributed by atoms with Crippen LogP contribution in [0.25, 0.3) is 0 Å². The lowest BCUT2D eigenvalue weighted by Crippen LogP contribution is -2.86. The van der Waals surface area contributed by atoms with Gasteiger partial charge in [0, 0.05) is 11.4 Å². The monoisotopic (exact) mass is 357 g/mol. The number of quaternary nitrogens is 1. The highest BCUT2D eigenvalue weighted by molar-refractivity contribution is 7.10. The first-order valence-corrected chi connectivity index (χ1v) is 10.3. The maximum absolute atomic E-state index is 13.0. The summed E-state index contributed by atoms with van der Waals surface area (Å²) in [6, 6.07) is 10.8. The summed E-state index contributed by atoms with van der Waals surface area (Å²) in [4.78, 5) is 16.5. The highest BCUT2D eigenvalue weighted by Crippen LogP contribution is 2.38. The van der Waals surface area contributed by atoms with Gasteiger partial charge in [-0.25, -0.2) is 0 Å². The van der Waals surface area contributed by atoms with Crippen molar-refractivity contribution < 1.29 is 10.1 Å². The first kappa shape index (κ1) is 18.2. The molecular formula is C21H29N2OS+. The molecule has 0 saturated carbocycles.